The summed E-state index contributed by atoms with van der Waals surface area (Å²) in [6, 6.07) is 10.4. The fourth-order valence-electron chi connectivity index (χ4n) is 2.01. The molecule has 1 heterocycles. The number of rotatable bonds is 5. The summed E-state index contributed by atoms with van der Waals surface area (Å²) >= 11 is 0. The topological polar surface area (TPSA) is 24.9 Å². The van der Waals surface area contributed by atoms with Crippen LogP contribution >= 0.6 is 0 Å². The van der Waals surface area contributed by atoms with E-state index in [1.54, 1.807) is 0 Å². The van der Waals surface area contributed by atoms with E-state index in [4.69, 9.17) is 0 Å². The van der Waals surface area contributed by atoms with Gasteiger partial charge < -0.3 is 5.32 Å². The number of hydrogen-bond acceptors (Lipinski definition) is 2. The van der Waals surface area contributed by atoms with E-state index in [0.717, 1.165) is 23.7 Å². The van der Waals surface area contributed by atoms with Gasteiger partial charge in [0.2, 0.25) is 0 Å². The summed E-state index contributed by atoms with van der Waals surface area (Å²) < 4.78 is 0. The zero-order valence-corrected chi connectivity index (χ0v) is 10.6. The quantitative estimate of drug-likeness (QED) is 0.834. The predicted molar refractivity (Wildman–Crippen MR) is 74.3 cm³/mol. The van der Waals surface area contributed by atoms with E-state index in [1.165, 1.54) is 18.2 Å². The van der Waals surface area contributed by atoms with Gasteiger partial charge in [0.05, 0.1) is 17.4 Å². The van der Waals surface area contributed by atoms with Gasteiger partial charge in [-0.25, -0.2) is 0 Å². The molecule has 0 bridgehead atoms. The molecule has 1 N–H and O–H groups in total. The minimum atomic E-state index is 0.751. The van der Waals surface area contributed by atoms with Gasteiger partial charge in [0.1, 0.15) is 0 Å². The molecular weight excluding hydrogens is 208 g/mol. The standard InChI is InChI=1S/C15H20N2/c1-3-12(4-2)10-16-14-9-13-7-5-6-8-15(13)17-11-14/h5-9,11-12,16H,3-4,10H2,1-2H3. The van der Waals surface area contributed by atoms with Crippen LogP contribution in [-0.4, -0.2) is 11.5 Å². The molecule has 0 spiro atoms. The van der Waals surface area contributed by atoms with Crippen LogP contribution in [0.1, 0.15) is 26.7 Å². The Hall–Kier alpha value is -1.57. The van der Waals surface area contributed by atoms with Gasteiger partial charge in [0.15, 0.2) is 0 Å². The van der Waals surface area contributed by atoms with E-state index in [2.05, 4.69) is 42.3 Å². The summed E-state index contributed by atoms with van der Waals surface area (Å²) in [5, 5.41) is 4.67. The van der Waals surface area contributed by atoms with Crippen LogP contribution in [-0.2, 0) is 0 Å². The van der Waals surface area contributed by atoms with Crippen molar-refractivity contribution in [3.05, 3.63) is 36.5 Å². The van der Waals surface area contributed by atoms with Crippen LogP contribution in [0.15, 0.2) is 36.5 Å². The average molecular weight is 228 g/mol. The zero-order chi connectivity index (χ0) is 12.1. The first-order chi connectivity index (χ1) is 8.33. The Bertz CT molecular complexity index is 475. The SMILES string of the molecule is CCC(CC)CNc1cnc2ccccc2c1. The van der Waals surface area contributed by atoms with Crippen molar-refractivity contribution in [1.29, 1.82) is 0 Å². The lowest BCUT2D eigenvalue weighted by atomic mass is 10.0. The highest BCUT2D eigenvalue weighted by molar-refractivity contribution is 5.81. The number of nitrogens with zero attached hydrogens (tertiary/aromatic N) is 1. The summed E-state index contributed by atoms with van der Waals surface area (Å²) in [6.45, 7) is 5.52. The van der Waals surface area contributed by atoms with Crippen molar-refractivity contribution in [2.45, 2.75) is 26.7 Å². The molecule has 0 saturated heterocycles. The lowest BCUT2D eigenvalue weighted by Gasteiger charge is -2.14. The Morgan fingerprint density at radius 1 is 1.18 bits per heavy atom. The molecule has 2 rings (SSSR count). The van der Waals surface area contributed by atoms with Gasteiger partial charge in [0.25, 0.3) is 0 Å². The first kappa shape index (κ1) is 11.9. The first-order valence-corrected chi connectivity index (χ1v) is 6.42. The number of aromatic nitrogens is 1. The second-order valence-electron chi connectivity index (χ2n) is 4.48. The predicted octanol–water partition coefficient (Wildman–Crippen LogP) is 4.08. The van der Waals surface area contributed by atoms with Gasteiger partial charge in [-0.05, 0) is 18.1 Å². The minimum absolute atomic E-state index is 0.751. The second kappa shape index (κ2) is 5.67. The number of anilines is 1. The van der Waals surface area contributed by atoms with Crippen LogP contribution in [0.5, 0.6) is 0 Å². The molecule has 1 aromatic heterocycles. The van der Waals surface area contributed by atoms with Crippen LogP contribution in [0.25, 0.3) is 10.9 Å². The molecule has 0 radical (unpaired) electrons. The molecule has 0 amide bonds. The monoisotopic (exact) mass is 228 g/mol. The molecule has 0 saturated carbocycles. The van der Waals surface area contributed by atoms with E-state index in [-0.39, 0.29) is 0 Å². The molecule has 2 heteroatoms. The third-order valence-corrected chi connectivity index (χ3v) is 3.34. The average Bonchev–Trinajstić information content (AvgIpc) is 2.40. The molecule has 90 valence electrons. The van der Waals surface area contributed by atoms with Crippen molar-refractivity contribution >= 4 is 16.6 Å². The van der Waals surface area contributed by atoms with Crippen molar-refractivity contribution in [2.24, 2.45) is 5.92 Å². The highest BCUT2D eigenvalue weighted by Gasteiger charge is 2.03. The van der Waals surface area contributed by atoms with Crippen molar-refractivity contribution in [3.8, 4) is 0 Å². The number of benzene rings is 1. The first-order valence-electron chi connectivity index (χ1n) is 6.42. The third kappa shape index (κ3) is 2.96. The van der Waals surface area contributed by atoms with Crippen LogP contribution in [0.2, 0.25) is 0 Å². The normalized spacial score (nSPS) is 11.0. The van der Waals surface area contributed by atoms with Crippen LogP contribution in [0.3, 0.4) is 0 Å². The van der Waals surface area contributed by atoms with Gasteiger partial charge in [-0.2, -0.15) is 0 Å². The Labute approximate surface area is 103 Å². The molecule has 0 atom stereocenters. The smallest absolute Gasteiger partial charge is 0.0703 e. The fourth-order valence-corrected chi connectivity index (χ4v) is 2.01. The summed E-state index contributed by atoms with van der Waals surface area (Å²) in [4.78, 5) is 4.45. The highest BCUT2D eigenvalue weighted by atomic mass is 14.9. The van der Waals surface area contributed by atoms with E-state index >= 15 is 0 Å². The number of nitrogens with one attached hydrogen (secondary N) is 1. The Morgan fingerprint density at radius 3 is 2.71 bits per heavy atom. The van der Waals surface area contributed by atoms with E-state index in [1.807, 2.05) is 18.3 Å². The van der Waals surface area contributed by atoms with Crippen molar-refractivity contribution < 1.29 is 0 Å². The number of fused-ring (bicyclic) bond motifs is 1. The fraction of sp³-hybridized carbons (Fsp3) is 0.400. The number of pyridine rings is 1. The lowest BCUT2D eigenvalue weighted by Crippen LogP contribution is -2.12. The van der Waals surface area contributed by atoms with Crippen LogP contribution in [0.4, 0.5) is 5.69 Å². The maximum Gasteiger partial charge on any atom is 0.0703 e. The van der Waals surface area contributed by atoms with Crippen LogP contribution in [0, 0.1) is 5.92 Å². The summed E-state index contributed by atoms with van der Waals surface area (Å²) in [5.41, 5.74) is 2.18. The molecule has 0 aliphatic carbocycles. The van der Waals surface area contributed by atoms with Crippen molar-refractivity contribution in [3.63, 3.8) is 0 Å². The van der Waals surface area contributed by atoms with E-state index < -0.39 is 0 Å². The second-order valence-corrected chi connectivity index (χ2v) is 4.48. The Morgan fingerprint density at radius 2 is 1.94 bits per heavy atom. The van der Waals surface area contributed by atoms with Gasteiger partial charge >= 0.3 is 0 Å². The zero-order valence-electron chi connectivity index (χ0n) is 10.6. The molecule has 17 heavy (non-hydrogen) atoms. The number of hydrogen-bond donors (Lipinski definition) is 1. The molecule has 0 fully saturated rings. The molecule has 0 unspecified atom stereocenters. The molecular formula is C15H20N2. The Balaban J connectivity index is 2.09. The Kier molecular flexibility index (Phi) is 3.97. The van der Waals surface area contributed by atoms with E-state index in [0.29, 0.717) is 0 Å². The van der Waals surface area contributed by atoms with Crippen LogP contribution < -0.4 is 5.32 Å². The van der Waals surface area contributed by atoms with Gasteiger partial charge in [-0.3, -0.25) is 4.98 Å². The van der Waals surface area contributed by atoms with Crippen molar-refractivity contribution in [2.75, 3.05) is 11.9 Å². The summed E-state index contributed by atoms with van der Waals surface area (Å²) in [6.07, 6.45) is 4.37. The molecule has 0 aliphatic rings. The molecule has 1 aromatic carbocycles. The lowest BCUT2D eigenvalue weighted by molar-refractivity contribution is 0.519. The maximum atomic E-state index is 4.45. The molecule has 0 aliphatic heterocycles. The van der Waals surface area contributed by atoms with E-state index in [9.17, 15) is 0 Å². The van der Waals surface area contributed by atoms with Gasteiger partial charge in [0, 0.05) is 11.9 Å². The molecule has 2 aromatic rings. The van der Waals surface area contributed by atoms with Gasteiger partial charge in [-0.1, -0.05) is 44.9 Å². The summed E-state index contributed by atoms with van der Waals surface area (Å²) in [7, 11) is 0. The maximum absolute atomic E-state index is 4.45. The van der Waals surface area contributed by atoms with Crippen molar-refractivity contribution in [1.82, 2.24) is 4.98 Å². The largest absolute Gasteiger partial charge is 0.384 e. The summed E-state index contributed by atoms with van der Waals surface area (Å²) in [5.74, 6) is 0.751. The number of para-hydroxylation sites is 1. The van der Waals surface area contributed by atoms with Gasteiger partial charge in [-0.15, -0.1) is 0 Å². The minimum Gasteiger partial charge on any atom is -0.384 e. The third-order valence-electron chi connectivity index (χ3n) is 3.34. The highest BCUT2D eigenvalue weighted by Crippen LogP contribution is 2.17. The molecule has 2 nitrogen and oxygen atoms in total.